The molecule has 2 rings (SSSR count). The number of aryl methyl sites for hydroxylation is 1. The number of rotatable bonds is 1. The van der Waals surface area contributed by atoms with Crippen molar-refractivity contribution in [2.75, 3.05) is 0 Å². The lowest BCUT2D eigenvalue weighted by Gasteiger charge is -2.11. The highest BCUT2D eigenvalue weighted by Crippen LogP contribution is 2.23. The molecule has 0 N–H and O–H groups in total. The Kier molecular flexibility index (Phi) is 2.53. The monoisotopic (exact) mass is 184 g/mol. The summed E-state index contributed by atoms with van der Waals surface area (Å²) in [6.07, 6.45) is 8.02. The van der Waals surface area contributed by atoms with Crippen molar-refractivity contribution in [3.8, 4) is 0 Å². The van der Waals surface area contributed by atoms with Crippen LogP contribution < -0.4 is 0 Å². The van der Waals surface area contributed by atoms with E-state index in [9.17, 15) is 0 Å². The average molecular weight is 184 g/mol. The zero-order chi connectivity index (χ0) is 9.97. The first kappa shape index (κ1) is 9.26. The van der Waals surface area contributed by atoms with Crippen molar-refractivity contribution in [3.05, 3.63) is 53.6 Å². The third kappa shape index (κ3) is 1.95. The van der Waals surface area contributed by atoms with Crippen LogP contribution in [-0.2, 0) is 0 Å². The summed E-state index contributed by atoms with van der Waals surface area (Å²) < 4.78 is 0. The van der Waals surface area contributed by atoms with Crippen molar-refractivity contribution in [1.29, 1.82) is 0 Å². The summed E-state index contributed by atoms with van der Waals surface area (Å²) in [5.74, 6) is 0.698. The molecule has 0 nitrogen and oxygen atoms in total. The summed E-state index contributed by atoms with van der Waals surface area (Å²) in [6, 6.07) is 8.73. The van der Waals surface area contributed by atoms with Crippen molar-refractivity contribution in [2.24, 2.45) is 5.92 Å². The molecule has 14 heavy (non-hydrogen) atoms. The molecule has 1 aliphatic rings. The molecule has 0 heteroatoms. The topological polar surface area (TPSA) is 0 Å². The van der Waals surface area contributed by atoms with Gasteiger partial charge in [0.15, 0.2) is 0 Å². The predicted octanol–water partition coefficient (Wildman–Crippen LogP) is 3.97. The van der Waals surface area contributed by atoms with Gasteiger partial charge in [-0.1, -0.05) is 55.0 Å². The molecule has 0 saturated carbocycles. The van der Waals surface area contributed by atoms with Gasteiger partial charge in [-0.15, -0.1) is 0 Å². The van der Waals surface area contributed by atoms with Gasteiger partial charge >= 0.3 is 0 Å². The molecule has 1 atom stereocenters. The van der Waals surface area contributed by atoms with E-state index < -0.39 is 0 Å². The normalized spacial score (nSPS) is 20.7. The average Bonchev–Trinajstić information content (AvgIpc) is 2.21. The van der Waals surface area contributed by atoms with Crippen molar-refractivity contribution in [1.82, 2.24) is 0 Å². The molecule has 0 heterocycles. The molecule has 0 unspecified atom stereocenters. The maximum atomic E-state index is 2.33. The van der Waals surface area contributed by atoms with E-state index in [-0.39, 0.29) is 0 Å². The first-order valence-electron chi connectivity index (χ1n) is 5.21. The van der Waals surface area contributed by atoms with Gasteiger partial charge in [0.25, 0.3) is 0 Å². The summed E-state index contributed by atoms with van der Waals surface area (Å²) in [5, 5.41) is 0. The molecule has 0 aromatic heterocycles. The third-order valence-corrected chi connectivity index (χ3v) is 2.70. The largest absolute Gasteiger partial charge is 0.0808 e. The molecule has 0 bridgehead atoms. The van der Waals surface area contributed by atoms with Crippen molar-refractivity contribution < 1.29 is 0 Å². The summed E-state index contributed by atoms with van der Waals surface area (Å²) in [7, 11) is 0. The molecule has 0 radical (unpaired) electrons. The van der Waals surface area contributed by atoms with Crippen LogP contribution in [0.3, 0.4) is 0 Å². The number of hydrogen-bond donors (Lipinski definition) is 0. The van der Waals surface area contributed by atoms with Crippen molar-refractivity contribution in [2.45, 2.75) is 20.3 Å². The maximum Gasteiger partial charge on any atom is -0.0187 e. The maximum absolute atomic E-state index is 2.33. The van der Waals surface area contributed by atoms with Crippen LogP contribution >= 0.6 is 0 Å². The molecule has 1 aromatic rings. The lowest BCUT2D eigenvalue weighted by Crippen LogP contribution is -1.94. The summed E-state index contributed by atoms with van der Waals surface area (Å²) in [6.45, 7) is 4.37. The molecule has 0 saturated heterocycles. The second-order valence-electron chi connectivity index (χ2n) is 4.10. The Hall–Kier alpha value is -1.30. The van der Waals surface area contributed by atoms with Gasteiger partial charge in [-0.2, -0.15) is 0 Å². The van der Waals surface area contributed by atoms with Crippen molar-refractivity contribution in [3.63, 3.8) is 0 Å². The molecule has 1 aliphatic carbocycles. The smallest absolute Gasteiger partial charge is 0.0187 e. The minimum absolute atomic E-state index is 0.698. The van der Waals surface area contributed by atoms with E-state index in [2.05, 4.69) is 56.3 Å². The highest BCUT2D eigenvalue weighted by atomic mass is 14.1. The highest BCUT2D eigenvalue weighted by molar-refractivity contribution is 5.74. The van der Waals surface area contributed by atoms with E-state index in [1.165, 1.54) is 23.1 Å². The molecule has 72 valence electrons. The molecule has 0 spiro atoms. The lowest BCUT2D eigenvalue weighted by atomic mass is 9.94. The molecular weight excluding hydrogens is 168 g/mol. The molecule has 0 fully saturated rings. The van der Waals surface area contributed by atoms with Gasteiger partial charge in [0.05, 0.1) is 0 Å². The van der Waals surface area contributed by atoms with E-state index in [1.54, 1.807) is 0 Å². The van der Waals surface area contributed by atoms with Crippen LogP contribution in [-0.4, -0.2) is 0 Å². The van der Waals surface area contributed by atoms with Crippen LogP contribution in [0, 0.1) is 12.8 Å². The van der Waals surface area contributed by atoms with Gasteiger partial charge in [-0.05, 0) is 30.4 Å². The van der Waals surface area contributed by atoms with Crippen LogP contribution in [0.2, 0.25) is 0 Å². The van der Waals surface area contributed by atoms with Gasteiger partial charge in [-0.3, -0.25) is 0 Å². The second kappa shape index (κ2) is 3.83. The van der Waals surface area contributed by atoms with Crippen molar-refractivity contribution >= 4 is 5.57 Å². The minimum Gasteiger partial charge on any atom is -0.0808 e. The van der Waals surface area contributed by atoms with Crippen LogP contribution in [0.25, 0.3) is 5.57 Å². The van der Waals surface area contributed by atoms with E-state index in [0.29, 0.717) is 5.92 Å². The van der Waals surface area contributed by atoms with E-state index in [4.69, 9.17) is 0 Å². The molecule has 0 amide bonds. The van der Waals surface area contributed by atoms with Gasteiger partial charge in [0.1, 0.15) is 0 Å². The predicted molar refractivity (Wildman–Crippen MR) is 62.1 cm³/mol. The van der Waals surface area contributed by atoms with E-state index >= 15 is 0 Å². The molecule has 1 aromatic carbocycles. The molecule has 0 aliphatic heterocycles. The van der Waals surface area contributed by atoms with Crippen LogP contribution in [0.1, 0.15) is 24.5 Å². The minimum atomic E-state index is 0.698. The highest BCUT2D eigenvalue weighted by Gasteiger charge is 2.04. The molecular formula is C14H16. The number of benzene rings is 1. The van der Waals surface area contributed by atoms with Gasteiger partial charge in [0.2, 0.25) is 0 Å². The Morgan fingerprint density at radius 1 is 1.14 bits per heavy atom. The third-order valence-electron chi connectivity index (χ3n) is 2.70. The van der Waals surface area contributed by atoms with Gasteiger partial charge in [0, 0.05) is 0 Å². The fraction of sp³-hybridized carbons (Fsp3) is 0.286. The Labute approximate surface area is 86.0 Å². The fourth-order valence-corrected chi connectivity index (χ4v) is 1.69. The van der Waals surface area contributed by atoms with Gasteiger partial charge in [-0.25, -0.2) is 0 Å². The Morgan fingerprint density at radius 3 is 2.43 bits per heavy atom. The van der Waals surface area contributed by atoms with Gasteiger partial charge < -0.3 is 0 Å². The van der Waals surface area contributed by atoms with Crippen LogP contribution in [0.5, 0.6) is 0 Å². The zero-order valence-electron chi connectivity index (χ0n) is 8.83. The van der Waals surface area contributed by atoms with Crippen LogP contribution in [0.15, 0.2) is 42.5 Å². The number of hydrogen-bond acceptors (Lipinski definition) is 0. The Morgan fingerprint density at radius 2 is 1.86 bits per heavy atom. The first-order chi connectivity index (χ1) is 6.75. The SMILES string of the molecule is Cc1ccc(C2=CC[C@H](C)C=C2)cc1. The fourth-order valence-electron chi connectivity index (χ4n) is 1.69. The summed E-state index contributed by atoms with van der Waals surface area (Å²) in [4.78, 5) is 0. The Balaban J connectivity index is 2.24. The van der Waals surface area contributed by atoms with E-state index in [0.717, 1.165) is 0 Å². The Bertz CT molecular complexity index is 366. The number of allylic oxidation sites excluding steroid dienone is 4. The second-order valence-corrected chi connectivity index (χ2v) is 4.10. The lowest BCUT2D eigenvalue weighted by molar-refractivity contribution is 0.739. The van der Waals surface area contributed by atoms with E-state index in [1.807, 2.05) is 0 Å². The van der Waals surface area contributed by atoms with Crippen LogP contribution in [0.4, 0.5) is 0 Å². The quantitative estimate of drug-likeness (QED) is 0.619. The summed E-state index contributed by atoms with van der Waals surface area (Å²) in [5.41, 5.74) is 4.02. The standard InChI is InChI=1S/C14H16/c1-11-3-7-13(8-4-11)14-9-5-12(2)6-10-14/h3-5,7-10,12H,6H2,1-2H3/t12-/m1/s1. The first-order valence-corrected chi connectivity index (χ1v) is 5.21. The summed E-state index contributed by atoms with van der Waals surface area (Å²) >= 11 is 0. The zero-order valence-corrected chi connectivity index (χ0v) is 8.83.